The number of ether oxygens (including phenoxy) is 1. The molecular formula is C13H18O3S. The van der Waals surface area contributed by atoms with Gasteiger partial charge in [-0.15, -0.1) is 0 Å². The molecule has 4 heteroatoms. The number of sulfone groups is 1. The van der Waals surface area contributed by atoms with E-state index in [9.17, 15) is 8.42 Å². The first kappa shape index (κ1) is 12.4. The summed E-state index contributed by atoms with van der Waals surface area (Å²) in [5, 5.41) is -0.423. The van der Waals surface area contributed by atoms with Gasteiger partial charge < -0.3 is 4.74 Å². The van der Waals surface area contributed by atoms with Gasteiger partial charge in [0.05, 0.1) is 11.9 Å². The van der Waals surface area contributed by atoms with Crippen LogP contribution in [0.1, 0.15) is 26.7 Å². The predicted octanol–water partition coefficient (Wildman–Crippen LogP) is 2.66. The van der Waals surface area contributed by atoms with Crippen molar-refractivity contribution in [3.05, 3.63) is 24.3 Å². The van der Waals surface area contributed by atoms with E-state index in [1.165, 1.54) is 12.8 Å². The summed E-state index contributed by atoms with van der Waals surface area (Å²) >= 11 is 0. The highest BCUT2D eigenvalue weighted by Crippen LogP contribution is 2.32. The second-order valence-corrected chi connectivity index (χ2v) is 7.27. The summed E-state index contributed by atoms with van der Waals surface area (Å²) in [7, 11) is -3.26. The Bertz CT molecular complexity index is 487. The Kier molecular flexibility index (Phi) is 3.43. The minimum absolute atomic E-state index is 0.315. The van der Waals surface area contributed by atoms with Crippen LogP contribution in [-0.2, 0) is 9.84 Å². The van der Waals surface area contributed by atoms with Gasteiger partial charge in [0.25, 0.3) is 0 Å². The molecule has 17 heavy (non-hydrogen) atoms. The SMILES string of the molecule is CC(C)S(=O)(=O)c1ccccc1OCC1CC1. The predicted molar refractivity (Wildman–Crippen MR) is 67.0 cm³/mol. The lowest BCUT2D eigenvalue weighted by Crippen LogP contribution is -2.15. The molecule has 0 aliphatic heterocycles. The smallest absolute Gasteiger partial charge is 0.184 e. The van der Waals surface area contributed by atoms with Crippen LogP contribution < -0.4 is 4.74 Å². The van der Waals surface area contributed by atoms with Crippen molar-refractivity contribution in [3.63, 3.8) is 0 Å². The van der Waals surface area contributed by atoms with Crippen molar-refractivity contribution in [2.45, 2.75) is 36.8 Å². The van der Waals surface area contributed by atoms with Crippen molar-refractivity contribution < 1.29 is 13.2 Å². The topological polar surface area (TPSA) is 43.4 Å². The normalized spacial score (nSPS) is 16.2. The van der Waals surface area contributed by atoms with E-state index >= 15 is 0 Å². The third kappa shape index (κ3) is 2.80. The molecule has 0 unspecified atom stereocenters. The van der Waals surface area contributed by atoms with Crippen molar-refractivity contribution in [1.82, 2.24) is 0 Å². The van der Waals surface area contributed by atoms with Crippen molar-refractivity contribution in [3.8, 4) is 5.75 Å². The monoisotopic (exact) mass is 254 g/mol. The number of benzene rings is 1. The average molecular weight is 254 g/mol. The van der Waals surface area contributed by atoms with Crippen LogP contribution in [0.15, 0.2) is 29.2 Å². The third-order valence-electron chi connectivity index (χ3n) is 2.95. The first-order chi connectivity index (χ1) is 8.01. The molecule has 0 radical (unpaired) electrons. The Morgan fingerprint density at radius 1 is 1.29 bits per heavy atom. The van der Waals surface area contributed by atoms with Crippen LogP contribution in [-0.4, -0.2) is 20.3 Å². The Morgan fingerprint density at radius 2 is 1.94 bits per heavy atom. The highest BCUT2D eigenvalue weighted by atomic mass is 32.2. The van der Waals surface area contributed by atoms with Crippen molar-refractivity contribution in [1.29, 1.82) is 0 Å². The van der Waals surface area contributed by atoms with Gasteiger partial charge >= 0.3 is 0 Å². The van der Waals surface area contributed by atoms with Gasteiger partial charge in [-0.25, -0.2) is 8.42 Å². The van der Waals surface area contributed by atoms with Crippen LogP contribution in [0.25, 0.3) is 0 Å². The van der Waals surface area contributed by atoms with E-state index in [2.05, 4.69) is 0 Å². The molecule has 0 atom stereocenters. The van der Waals surface area contributed by atoms with Crippen LogP contribution in [0.4, 0.5) is 0 Å². The summed E-state index contributed by atoms with van der Waals surface area (Å²) in [6.07, 6.45) is 2.39. The summed E-state index contributed by atoms with van der Waals surface area (Å²) in [6.45, 7) is 4.00. The highest BCUT2D eigenvalue weighted by molar-refractivity contribution is 7.92. The molecular weight excluding hydrogens is 236 g/mol. The van der Waals surface area contributed by atoms with Crippen LogP contribution in [0, 0.1) is 5.92 Å². The minimum atomic E-state index is -3.26. The van der Waals surface area contributed by atoms with E-state index < -0.39 is 15.1 Å². The molecule has 1 aliphatic carbocycles. The summed E-state index contributed by atoms with van der Waals surface area (Å²) < 4.78 is 29.9. The van der Waals surface area contributed by atoms with Crippen LogP contribution in [0.3, 0.4) is 0 Å². The molecule has 1 aromatic rings. The zero-order valence-electron chi connectivity index (χ0n) is 10.2. The summed E-state index contributed by atoms with van der Waals surface area (Å²) in [5.74, 6) is 1.11. The molecule has 0 N–H and O–H groups in total. The lowest BCUT2D eigenvalue weighted by Gasteiger charge is -2.13. The van der Waals surface area contributed by atoms with Crippen molar-refractivity contribution in [2.75, 3.05) is 6.61 Å². The molecule has 0 saturated heterocycles. The standard InChI is InChI=1S/C13H18O3S/c1-10(2)17(14,15)13-6-4-3-5-12(13)16-9-11-7-8-11/h3-6,10-11H,7-9H2,1-2H3. The molecule has 1 saturated carbocycles. The molecule has 3 nitrogen and oxygen atoms in total. The highest BCUT2D eigenvalue weighted by Gasteiger charge is 2.26. The first-order valence-electron chi connectivity index (χ1n) is 5.97. The van der Waals surface area contributed by atoms with Crippen LogP contribution in [0.5, 0.6) is 5.75 Å². The Morgan fingerprint density at radius 3 is 2.53 bits per heavy atom. The number of hydrogen-bond acceptors (Lipinski definition) is 3. The van der Waals surface area contributed by atoms with E-state index in [-0.39, 0.29) is 0 Å². The third-order valence-corrected chi connectivity index (χ3v) is 5.14. The zero-order valence-corrected chi connectivity index (χ0v) is 11.0. The second-order valence-electron chi connectivity index (χ2n) is 4.79. The largest absolute Gasteiger partial charge is 0.492 e. The van der Waals surface area contributed by atoms with Gasteiger partial charge in [0.1, 0.15) is 10.6 Å². The molecule has 1 fully saturated rings. The van der Waals surface area contributed by atoms with Crippen molar-refractivity contribution >= 4 is 9.84 Å². The summed E-state index contributed by atoms with van der Waals surface area (Å²) in [6, 6.07) is 6.90. The van der Waals surface area contributed by atoms with Crippen molar-refractivity contribution in [2.24, 2.45) is 5.92 Å². The fraction of sp³-hybridized carbons (Fsp3) is 0.538. The maximum atomic E-state index is 12.1. The lowest BCUT2D eigenvalue weighted by molar-refractivity contribution is 0.292. The Hall–Kier alpha value is -1.03. The fourth-order valence-electron chi connectivity index (χ4n) is 1.55. The average Bonchev–Trinajstić information content (AvgIpc) is 3.10. The molecule has 0 heterocycles. The van der Waals surface area contributed by atoms with Gasteiger partial charge in [-0.3, -0.25) is 0 Å². The number of rotatable bonds is 5. The summed E-state index contributed by atoms with van der Waals surface area (Å²) in [4.78, 5) is 0.315. The van der Waals surface area contributed by atoms with E-state index in [1.807, 2.05) is 6.07 Å². The quantitative estimate of drug-likeness (QED) is 0.811. The Balaban J connectivity index is 2.26. The Labute approximate surface area is 103 Å². The van der Waals surface area contributed by atoms with Gasteiger partial charge in [0.15, 0.2) is 9.84 Å². The van der Waals surface area contributed by atoms with Crippen LogP contribution in [0.2, 0.25) is 0 Å². The van der Waals surface area contributed by atoms with Gasteiger partial charge in [0, 0.05) is 0 Å². The zero-order chi connectivity index (χ0) is 12.5. The molecule has 0 amide bonds. The van der Waals surface area contributed by atoms with E-state index in [0.29, 0.717) is 23.2 Å². The summed E-state index contributed by atoms with van der Waals surface area (Å²) in [5.41, 5.74) is 0. The molecule has 0 aromatic heterocycles. The van der Waals surface area contributed by atoms with E-state index in [1.54, 1.807) is 32.0 Å². The maximum Gasteiger partial charge on any atom is 0.184 e. The lowest BCUT2D eigenvalue weighted by atomic mass is 10.3. The van der Waals surface area contributed by atoms with Crippen LogP contribution >= 0.6 is 0 Å². The molecule has 1 aromatic carbocycles. The first-order valence-corrected chi connectivity index (χ1v) is 7.52. The van der Waals surface area contributed by atoms with Gasteiger partial charge in [0.2, 0.25) is 0 Å². The number of hydrogen-bond donors (Lipinski definition) is 0. The second kappa shape index (κ2) is 4.69. The molecule has 1 aliphatic rings. The van der Waals surface area contributed by atoms with E-state index in [0.717, 1.165) is 0 Å². The molecule has 94 valence electrons. The number of para-hydroxylation sites is 1. The molecule has 2 rings (SSSR count). The minimum Gasteiger partial charge on any atom is -0.492 e. The maximum absolute atomic E-state index is 12.1. The van der Waals surface area contributed by atoms with Gasteiger partial charge in [-0.1, -0.05) is 12.1 Å². The van der Waals surface area contributed by atoms with Gasteiger partial charge in [-0.05, 0) is 44.7 Å². The molecule has 0 spiro atoms. The van der Waals surface area contributed by atoms with E-state index in [4.69, 9.17) is 4.74 Å². The fourth-order valence-corrected chi connectivity index (χ4v) is 2.73. The molecule has 0 bridgehead atoms. The van der Waals surface area contributed by atoms with Gasteiger partial charge in [-0.2, -0.15) is 0 Å².